The summed E-state index contributed by atoms with van der Waals surface area (Å²) in [6.07, 6.45) is 5.94. The summed E-state index contributed by atoms with van der Waals surface area (Å²) in [7, 11) is 0. The Morgan fingerprint density at radius 3 is 2.82 bits per heavy atom. The van der Waals surface area contributed by atoms with E-state index >= 15 is 0 Å². The molecule has 3 heteroatoms. The second kappa shape index (κ2) is 6.60. The maximum absolute atomic E-state index is 11.8. The minimum Gasteiger partial charge on any atom is -0.299 e. The van der Waals surface area contributed by atoms with E-state index in [2.05, 4.69) is 28.1 Å². The number of halogens is 1. The van der Waals surface area contributed by atoms with Crippen LogP contribution in [0.3, 0.4) is 0 Å². The lowest BCUT2D eigenvalue weighted by Crippen LogP contribution is -2.07. The number of rotatable bonds is 5. The van der Waals surface area contributed by atoms with Gasteiger partial charge in [0.05, 0.1) is 5.75 Å². The monoisotopic (exact) mass is 312 g/mol. The molecule has 0 radical (unpaired) electrons. The zero-order chi connectivity index (χ0) is 12.1. The number of hydrogen-bond donors (Lipinski definition) is 0. The van der Waals surface area contributed by atoms with E-state index < -0.39 is 0 Å². The molecule has 1 aliphatic rings. The van der Waals surface area contributed by atoms with Gasteiger partial charge in [-0.05, 0) is 24.1 Å². The first kappa shape index (κ1) is 13.2. The summed E-state index contributed by atoms with van der Waals surface area (Å²) in [6, 6.07) is 8.13. The summed E-state index contributed by atoms with van der Waals surface area (Å²) in [6.45, 7) is 0. The van der Waals surface area contributed by atoms with Crippen LogP contribution in [0.4, 0.5) is 0 Å². The van der Waals surface area contributed by atoms with Gasteiger partial charge in [-0.1, -0.05) is 47.7 Å². The van der Waals surface area contributed by atoms with Crippen LogP contribution < -0.4 is 0 Å². The van der Waals surface area contributed by atoms with E-state index in [0.717, 1.165) is 10.9 Å². The third-order valence-corrected chi connectivity index (χ3v) is 4.73. The molecular weight excluding hydrogens is 296 g/mol. The Bertz CT molecular complexity index is 386. The molecule has 0 saturated heterocycles. The Morgan fingerprint density at radius 2 is 2.12 bits per heavy atom. The highest BCUT2D eigenvalue weighted by Gasteiger charge is 2.18. The Morgan fingerprint density at radius 1 is 1.35 bits per heavy atom. The van der Waals surface area contributed by atoms with Crippen LogP contribution in [0.25, 0.3) is 0 Å². The molecule has 0 aliphatic heterocycles. The Labute approximate surface area is 115 Å². The molecule has 2 rings (SSSR count). The Balaban J connectivity index is 1.75. The molecule has 0 bridgehead atoms. The Kier molecular flexibility index (Phi) is 5.11. The predicted octanol–water partition coefficient (Wildman–Crippen LogP) is 4.69. The van der Waals surface area contributed by atoms with E-state index in [4.69, 9.17) is 0 Å². The van der Waals surface area contributed by atoms with Crippen molar-refractivity contribution in [1.82, 2.24) is 0 Å². The molecule has 0 amide bonds. The van der Waals surface area contributed by atoms with Gasteiger partial charge in [0.15, 0.2) is 0 Å². The first-order chi connectivity index (χ1) is 8.24. The minimum atomic E-state index is 0.405. The van der Waals surface area contributed by atoms with Crippen molar-refractivity contribution in [3.8, 4) is 0 Å². The second-order valence-electron chi connectivity index (χ2n) is 4.64. The van der Waals surface area contributed by atoms with Crippen molar-refractivity contribution in [2.75, 3.05) is 5.75 Å². The van der Waals surface area contributed by atoms with E-state index in [1.807, 2.05) is 12.1 Å². The predicted molar refractivity (Wildman–Crippen MR) is 76.4 cm³/mol. The van der Waals surface area contributed by atoms with Crippen LogP contribution in [0.15, 0.2) is 33.6 Å². The molecule has 1 saturated carbocycles. The molecular formula is C14H17BrOS. The fraction of sp³-hybridized carbons (Fsp3) is 0.500. The molecule has 1 aliphatic carbocycles. The maximum atomic E-state index is 11.8. The fourth-order valence-electron chi connectivity index (χ4n) is 2.32. The van der Waals surface area contributed by atoms with Crippen LogP contribution in [-0.4, -0.2) is 11.5 Å². The van der Waals surface area contributed by atoms with Gasteiger partial charge in [-0.15, -0.1) is 11.8 Å². The van der Waals surface area contributed by atoms with Crippen LogP contribution >= 0.6 is 27.7 Å². The number of ketones is 1. The van der Waals surface area contributed by atoms with Crippen LogP contribution in [0.5, 0.6) is 0 Å². The number of hydrogen-bond acceptors (Lipinski definition) is 2. The quantitative estimate of drug-likeness (QED) is 0.734. The van der Waals surface area contributed by atoms with Crippen LogP contribution in [-0.2, 0) is 4.79 Å². The second-order valence-corrected chi connectivity index (χ2v) is 6.60. The molecule has 0 atom stereocenters. The summed E-state index contributed by atoms with van der Waals surface area (Å²) in [5, 5.41) is 0. The fourth-order valence-corrected chi connectivity index (χ4v) is 3.70. The average Bonchev–Trinajstić information content (AvgIpc) is 2.79. The number of thioether (sulfide) groups is 1. The number of Topliss-reactive ketones (excluding diaryl/α,β-unsaturated/α-hetero) is 1. The molecule has 1 aromatic rings. The number of benzene rings is 1. The highest BCUT2D eigenvalue weighted by Crippen LogP contribution is 2.29. The van der Waals surface area contributed by atoms with Gasteiger partial charge in [0.25, 0.3) is 0 Å². The highest BCUT2D eigenvalue weighted by molar-refractivity contribution is 9.10. The van der Waals surface area contributed by atoms with Crippen molar-refractivity contribution in [3.63, 3.8) is 0 Å². The van der Waals surface area contributed by atoms with E-state index in [9.17, 15) is 4.79 Å². The van der Waals surface area contributed by atoms with Crippen molar-refractivity contribution in [2.24, 2.45) is 5.92 Å². The Hall–Kier alpha value is -0.280. The number of carbonyl (C=O) groups is 1. The minimum absolute atomic E-state index is 0.405. The SMILES string of the molecule is O=C(CSc1cccc(Br)c1)CC1CCCC1. The van der Waals surface area contributed by atoms with Gasteiger partial charge in [-0.25, -0.2) is 0 Å². The lowest BCUT2D eigenvalue weighted by Gasteiger charge is -2.07. The van der Waals surface area contributed by atoms with Gasteiger partial charge in [0.2, 0.25) is 0 Å². The topological polar surface area (TPSA) is 17.1 Å². The van der Waals surface area contributed by atoms with Crippen LogP contribution in [0.2, 0.25) is 0 Å². The summed E-state index contributed by atoms with van der Waals surface area (Å²) < 4.78 is 1.07. The average molecular weight is 313 g/mol. The normalized spacial score (nSPS) is 16.3. The van der Waals surface area contributed by atoms with E-state index in [0.29, 0.717) is 17.5 Å². The van der Waals surface area contributed by atoms with Gasteiger partial charge in [0, 0.05) is 15.8 Å². The third-order valence-electron chi connectivity index (χ3n) is 3.19. The maximum Gasteiger partial charge on any atom is 0.143 e. The largest absolute Gasteiger partial charge is 0.299 e. The summed E-state index contributed by atoms with van der Waals surface area (Å²) in [5.41, 5.74) is 0. The zero-order valence-corrected chi connectivity index (χ0v) is 12.2. The van der Waals surface area contributed by atoms with Crippen molar-refractivity contribution < 1.29 is 4.79 Å². The summed E-state index contributed by atoms with van der Waals surface area (Å²) in [4.78, 5) is 13.0. The van der Waals surface area contributed by atoms with Crippen LogP contribution in [0.1, 0.15) is 32.1 Å². The van der Waals surface area contributed by atoms with Gasteiger partial charge in [-0.2, -0.15) is 0 Å². The highest BCUT2D eigenvalue weighted by atomic mass is 79.9. The summed E-state index contributed by atoms with van der Waals surface area (Å²) >= 11 is 5.09. The molecule has 0 unspecified atom stereocenters. The number of carbonyl (C=O) groups excluding carboxylic acids is 1. The van der Waals surface area contributed by atoms with Gasteiger partial charge in [-0.3, -0.25) is 4.79 Å². The van der Waals surface area contributed by atoms with Crippen molar-refractivity contribution >= 4 is 33.5 Å². The van der Waals surface area contributed by atoms with Gasteiger partial charge < -0.3 is 0 Å². The van der Waals surface area contributed by atoms with Crippen molar-refractivity contribution in [2.45, 2.75) is 37.0 Å². The van der Waals surface area contributed by atoms with E-state index in [1.165, 1.54) is 30.6 Å². The third kappa shape index (κ3) is 4.47. The standard InChI is InChI=1S/C14H17BrOS/c15-12-6-3-7-14(9-12)17-10-13(16)8-11-4-1-2-5-11/h3,6-7,9,11H,1-2,4-5,8,10H2. The smallest absolute Gasteiger partial charge is 0.143 e. The van der Waals surface area contributed by atoms with Gasteiger partial charge >= 0.3 is 0 Å². The summed E-state index contributed by atoms with van der Waals surface area (Å²) in [5.74, 6) is 1.69. The molecule has 0 aromatic heterocycles. The molecule has 1 fully saturated rings. The zero-order valence-electron chi connectivity index (χ0n) is 9.82. The van der Waals surface area contributed by atoms with Crippen LogP contribution in [0, 0.1) is 5.92 Å². The van der Waals surface area contributed by atoms with E-state index in [1.54, 1.807) is 11.8 Å². The first-order valence-electron chi connectivity index (χ1n) is 6.14. The first-order valence-corrected chi connectivity index (χ1v) is 7.92. The van der Waals surface area contributed by atoms with E-state index in [-0.39, 0.29) is 0 Å². The molecule has 1 aromatic carbocycles. The molecule has 1 nitrogen and oxygen atoms in total. The molecule has 0 N–H and O–H groups in total. The van der Waals surface area contributed by atoms with Crippen molar-refractivity contribution in [1.29, 1.82) is 0 Å². The molecule has 0 heterocycles. The molecule has 92 valence electrons. The molecule has 0 spiro atoms. The van der Waals surface area contributed by atoms with Gasteiger partial charge in [0.1, 0.15) is 5.78 Å². The molecule has 17 heavy (non-hydrogen) atoms. The van der Waals surface area contributed by atoms with Crippen molar-refractivity contribution in [3.05, 3.63) is 28.7 Å². The lowest BCUT2D eigenvalue weighted by atomic mass is 10.0. The lowest BCUT2D eigenvalue weighted by molar-refractivity contribution is -0.117.